The van der Waals surface area contributed by atoms with Gasteiger partial charge in [0.2, 0.25) is 15.9 Å². The second-order valence-corrected chi connectivity index (χ2v) is 10.2. The molecule has 9 heteroatoms. The van der Waals surface area contributed by atoms with Gasteiger partial charge in [-0.05, 0) is 38.3 Å². The molecular weight excluding hydrogens is 366 g/mol. The molecule has 2 heterocycles. The minimum absolute atomic E-state index is 0.0799. The van der Waals surface area contributed by atoms with Crippen LogP contribution in [0.5, 0.6) is 0 Å². The highest BCUT2D eigenvalue weighted by Crippen LogP contribution is 2.28. The Hall–Kier alpha value is -0.610. The van der Waals surface area contributed by atoms with Crippen molar-refractivity contribution in [3.05, 3.63) is 15.8 Å². The van der Waals surface area contributed by atoms with Gasteiger partial charge in [0.1, 0.15) is 0 Å². The molecule has 0 aromatic carbocycles. The summed E-state index contributed by atoms with van der Waals surface area (Å²) in [6.45, 7) is 5.16. The highest BCUT2D eigenvalue weighted by Gasteiger charge is 2.32. The van der Waals surface area contributed by atoms with Crippen LogP contribution in [0.15, 0.2) is 11.0 Å². The molecule has 0 saturated carbocycles. The van der Waals surface area contributed by atoms with Gasteiger partial charge in [0.25, 0.3) is 0 Å². The Morgan fingerprint density at radius 3 is 2.46 bits per heavy atom. The Bertz CT molecular complexity index is 679. The number of carbonyl (C=O) groups is 1. The van der Waals surface area contributed by atoms with E-state index >= 15 is 0 Å². The number of piperazine rings is 1. The van der Waals surface area contributed by atoms with E-state index in [1.807, 2.05) is 20.1 Å². The number of hydrogen-bond acceptors (Lipinski definition) is 6. The molecule has 1 aromatic heterocycles. The van der Waals surface area contributed by atoms with Crippen molar-refractivity contribution in [1.29, 1.82) is 0 Å². The molecule has 2 rings (SSSR count). The fourth-order valence-corrected chi connectivity index (χ4v) is 6.19. The number of carbonyl (C=O) groups excluding carboxylic acids is 1. The Morgan fingerprint density at radius 1 is 1.33 bits per heavy atom. The largest absolute Gasteiger partial charge is 0.339 e. The average molecular weight is 392 g/mol. The zero-order valence-electron chi connectivity index (χ0n) is 14.3. The minimum Gasteiger partial charge on any atom is -0.339 e. The number of thiophene rings is 1. The number of thioether (sulfide) groups is 1. The third kappa shape index (κ3) is 4.32. The van der Waals surface area contributed by atoms with Crippen molar-refractivity contribution < 1.29 is 13.2 Å². The van der Waals surface area contributed by atoms with Crippen molar-refractivity contribution in [2.45, 2.75) is 31.2 Å². The SMILES string of the molecule is CSCC[C@H](N)C(=O)N1CCN(S(=O)(=O)c2cc(C)sc2C)CC1. The number of nitrogens with zero attached hydrogens (tertiary/aromatic N) is 2. The van der Waals surface area contributed by atoms with Crippen LogP contribution in [0.2, 0.25) is 0 Å². The molecule has 6 nitrogen and oxygen atoms in total. The lowest BCUT2D eigenvalue weighted by molar-refractivity contribution is -0.133. The third-order valence-electron chi connectivity index (χ3n) is 4.11. The molecule has 136 valence electrons. The van der Waals surface area contributed by atoms with Crippen molar-refractivity contribution >= 4 is 39.0 Å². The zero-order valence-corrected chi connectivity index (χ0v) is 16.8. The maximum Gasteiger partial charge on any atom is 0.244 e. The van der Waals surface area contributed by atoms with Gasteiger partial charge in [-0.25, -0.2) is 8.42 Å². The number of sulfonamides is 1. The maximum atomic E-state index is 12.8. The minimum atomic E-state index is -3.48. The van der Waals surface area contributed by atoms with Crippen molar-refractivity contribution in [3.63, 3.8) is 0 Å². The number of amides is 1. The van der Waals surface area contributed by atoms with Gasteiger partial charge in [-0.3, -0.25) is 4.79 Å². The van der Waals surface area contributed by atoms with E-state index in [-0.39, 0.29) is 5.91 Å². The van der Waals surface area contributed by atoms with E-state index in [4.69, 9.17) is 5.73 Å². The predicted molar refractivity (Wildman–Crippen MR) is 100 cm³/mol. The molecule has 1 aliphatic heterocycles. The summed E-state index contributed by atoms with van der Waals surface area (Å²) < 4.78 is 27.0. The maximum absolute atomic E-state index is 12.8. The van der Waals surface area contributed by atoms with Gasteiger partial charge in [0.15, 0.2) is 0 Å². The summed E-state index contributed by atoms with van der Waals surface area (Å²) in [6, 6.07) is 1.23. The Kier molecular flexibility index (Phi) is 6.72. The van der Waals surface area contributed by atoms with Gasteiger partial charge in [0.05, 0.1) is 10.9 Å². The molecular formula is C15H25N3O3S3. The molecule has 0 aliphatic carbocycles. The molecule has 1 aromatic rings. The fourth-order valence-electron chi connectivity index (χ4n) is 2.75. The van der Waals surface area contributed by atoms with E-state index in [9.17, 15) is 13.2 Å². The summed E-state index contributed by atoms with van der Waals surface area (Å²) in [4.78, 5) is 16.2. The van der Waals surface area contributed by atoms with Gasteiger partial charge in [-0.2, -0.15) is 16.1 Å². The number of nitrogens with two attached hydrogens (primary N) is 1. The van der Waals surface area contributed by atoms with Crippen LogP contribution in [-0.4, -0.2) is 67.8 Å². The van der Waals surface area contributed by atoms with Crippen LogP contribution >= 0.6 is 23.1 Å². The quantitative estimate of drug-likeness (QED) is 0.790. The van der Waals surface area contributed by atoms with Gasteiger partial charge in [0, 0.05) is 35.9 Å². The fraction of sp³-hybridized carbons (Fsp3) is 0.667. The second-order valence-electron chi connectivity index (χ2n) is 5.89. The summed E-state index contributed by atoms with van der Waals surface area (Å²) in [5, 5.41) is 0. The standard InChI is InChI=1S/C15H25N3O3S3/c1-11-10-14(12(2)23-11)24(20,21)18-7-5-17(6-8-18)15(19)13(16)4-9-22-3/h10,13H,4-9,16H2,1-3H3/t13-/m0/s1. The molecule has 2 N–H and O–H groups in total. The number of aryl methyl sites for hydroxylation is 2. The van der Waals surface area contributed by atoms with Crippen LogP contribution in [0, 0.1) is 13.8 Å². The number of hydrogen-bond donors (Lipinski definition) is 1. The average Bonchev–Trinajstić information content (AvgIpc) is 2.91. The van der Waals surface area contributed by atoms with Crippen molar-refractivity contribution in [1.82, 2.24) is 9.21 Å². The summed E-state index contributed by atoms with van der Waals surface area (Å²) >= 11 is 3.15. The summed E-state index contributed by atoms with van der Waals surface area (Å²) in [7, 11) is -3.48. The van der Waals surface area contributed by atoms with Crippen molar-refractivity contribution in [2.24, 2.45) is 5.73 Å². The highest BCUT2D eigenvalue weighted by molar-refractivity contribution is 7.98. The Morgan fingerprint density at radius 2 is 1.96 bits per heavy atom. The molecule has 0 spiro atoms. The first-order chi connectivity index (χ1) is 11.3. The lowest BCUT2D eigenvalue weighted by Gasteiger charge is -2.35. The van der Waals surface area contributed by atoms with E-state index in [1.54, 1.807) is 22.7 Å². The van der Waals surface area contributed by atoms with Crippen LogP contribution in [-0.2, 0) is 14.8 Å². The van der Waals surface area contributed by atoms with E-state index in [1.165, 1.54) is 15.6 Å². The Balaban J connectivity index is 1.99. The van der Waals surface area contributed by atoms with Gasteiger partial charge in [-0.15, -0.1) is 11.3 Å². The molecule has 0 unspecified atom stereocenters. The van der Waals surface area contributed by atoms with E-state index in [0.29, 0.717) is 37.5 Å². The third-order valence-corrected chi connectivity index (χ3v) is 7.88. The molecule has 1 amide bonds. The highest BCUT2D eigenvalue weighted by atomic mass is 32.2. The van der Waals surface area contributed by atoms with Crippen molar-refractivity contribution in [3.8, 4) is 0 Å². The zero-order chi connectivity index (χ0) is 17.9. The normalized spacial score (nSPS) is 17.9. The van der Waals surface area contributed by atoms with Crippen molar-refractivity contribution in [2.75, 3.05) is 38.2 Å². The van der Waals surface area contributed by atoms with E-state index in [2.05, 4.69) is 0 Å². The first-order valence-electron chi connectivity index (χ1n) is 7.88. The molecule has 0 radical (unpaired) electrons. The van der Waals surface area contributed by atoms with Gasteiger partial charge >= 0.3 is 0 Å². The van der Waals surface area contributed by atoms with E-state index < -0.39 is 16.1 Å². The predicted octanol–water partition coefficient (Wildman–Crippen LogP) is 1.28. The summed E-state index contributed by atoms with van der Waals surface area (Å²) in [5.74, 6) is 0.765. The molecule has 24 heavy (non-hydrogen) atoms. The van der Waals surface area contributed by atoms with Crippen LogP contribution in [0.3, 0.4) is 0 Å². The summed E-state index contributed by atoms with van der Waals surface area (Å²) in [5.41, 5.74) is 5.93. The lowest BCUT2D eigenvalue weighted by Crippen LogP contribution is -2.54. The molecule has 1 atom stereocenters. The van der Waals surface area contributed by atoms with Gasteiger partial charge < -0.3 is 10.6 Å². The van der Waals surface area contributed by atoms with Crippen LogP contribution in [0.1, 0.15) is 16.2 Å². The van der Waals surface area contributed by atoms with Crippen LogP contribution in [0.4, 0.5) is 0 Å². The Labute approximate surface area is 152 Å². The number of rotatable bonds is 6. The van der Waals surface area contributed by atoms with Crippen LogP contribution in [0.25, 0.3) is 0 Å². The molecule has 1 aliphatic rings. The monoisotopic (exact) mass is 391 g/mol. The van der Waals surface area contributed by atoms with Crippen LogP contribution < -0.4 is 5.73 Å². The smallest absolute Gasteiger partial charge is 0.244 e. The first kappa shape index (κ1) is 19.7. The first-order valence-corrected chi connectivity index (χ1v) is 11.5. The molecule has 1 fully saturated rings. The second kappa shape index (κ2) is 8.18. The lowest BCUT2D eigenvalue weighted by atomic mass is 10.2. The van der Waals surface area contributed by atoms with Gasteiger partial charge in [-0.1, -0.05) is 0 Å². The summed E-state index contributed by atoms with van der Waals surface area (Å²) in [6.07, 6.45) is 2.63. The topological polar surface area (TPSA) is 83.7 Å². The molecule has 1 saturated heterocycles. The molecule has 0 bridgehead atoms. The van der Waals surface area contributed by atoms with E-state index in [0.717, 1.165) is 15.5 Å².